The van der Waals surface area contributed by atoms with Crippen molar-refractivity contribution in [1.82, 2.24) is 9.79 Å². The van der Waals surface area contributed by atoms with Gasteiger partial charge in [-0.2, -0.15) is 11.8 Å². The highest BCUT2D eigenvalue weighted by molar-refractivity contribution is 7.99. The van der Waals surface area contributed by atoms with Gasteiger partial charge in [-0.05, 0) is 12.1 Å². The van der Waals surface area contributed by atoms with Gasteiger partial charge >= 0.3 is 0 Å². The lowest BCUT2D eigenvalue weighted by Crippen LogP contribution is -2.39. The standard InChI is InChI=1S/C11H13ClN2O4S2/c12-9-3-1-2-8(10(9)20(17,18)13-16)11(15)14-4-6-19-7-5-14/h1-3,13,16H,4-7H2. The van der Waals surface area contributed by atoms with Gasteiger partial charge in [0.25, 0.3) is 15.9 Å². The molecule has 110 valence electrons. The third-order valence-corrected chi connectivity index (χ3v) is 5.47. The third-order valence-electron chi connectivity index (χ3n) is 2.88. The first kappa shape index (κ1) is 15.6. The zero-order valence-corrected chi connectivity index (χ0v) is 12.8. The normalized spacial score (nSPS) is 16.2. The van der Waals surface area contributed by atoms with E-state index >= 15 is 0 Å². The van der Waals surface area contributed by atoms with Crippen molar-refractivity contribution in [3.8, 4) is 0 Å². The first-order valence-corrected chi connectivity index (χ1v) is 8.80. The molecule has 0 spiro atoms. The van der Waals surface area contributed by atoms with Crippen LogP contribution in [0.3, 0.4) is 0 Å². The average Bonchev–Trinajstić information content (AvgIpc) is 2.47. The summed E-state index contributed by atoms with van der Waals surface area (Å²) in [4.78, 5) is 14.8. The Labute approximate surface area is 126 Å². The molecule has 2 N–H and O–H groups in total. The number of hydrogen-bond donors (Lipinski definition) is 2. The average molecular weight is 337 g/mol. The van der Waals surface area contributed by atoms with E-state index in [0.717, 1.165) is 11.5 Å². The zero-order valence-electron chi connectivity index (χ0n) is 10.4. The van der Waals surface area contributed by atoms with E-state index in [9.17, 15) is 13.2 Å². The summed E-state index contributed by atoms with van der Waals surface area (Å²) in [7, 11) is -4.22. The Morgan fingerprint density at radius 3 is 2.60 bits per heavy atom. The van der Waals surface area contributed by atoms with Gasteiger partial charge in [0.1, 0.15) is 4.90 Å². The third kappa shape index (κ3) is 3.09. The lowest BCUT2D eigenvalue weighted by Gasteiger charge is -2.27. The number of nitrogens with one attached hydrogen (secondary N) is 1. The highest BCUT2D eigenvalue weighted by Gasteiger charge is 2.28. The molecule has 6 nitrogen and oxygen atoms in total. The van der Waals surface area contributed by atoms with Crippen LogP contribution in [-0.4, -0.2) is 49.0 Å². The van der Waals surface area contributed by atoms with Crippen LogP contribution in [0.5, 0.6) is 0 Å². The number of amides is 1. The highest BCUT2D eigenvalue weighted by atomic mass is 35.5. The second kappa shape index (κ2) is 6.31. The summed E-state index contributed by atoms with van der Waals surface area (Å²) in [6.45, 7) is 1.12. The van der Waals surface area contributed by atoms with Gasteiger partial charge in [-0.3, -0.25) is 4.79 Å². The van der Waals surface area contributed by atoms with Gasteiger partial charge in [0.2, 0.25) is 0 Å². The van der Waals surface area contributed by atoms with Crippen LogP contribution in [0.1, 0.15) is 10.4 Å². The molecule has 1 aliphatic rings. The Hall–Kier alpha value is -0.800. The van der Waals surface area contributed by atoms with Crippen molar-refractivity contribution in [3.05, 3.63) is 28.8 Å². The number of benzene rings is 1. The highest BCUT2D eigenvalue weighted by Crippen LogP contribution is 2.26. The van der Waals surface area contributed by atoms with Crippen molar-refractivity contribution >= 4 is 39.3 Å². The molecule has 2 rings (SSSR count). The number of carbonyl (C=O) groups is 1. The molecular weight excluding hydrogens is 324 g/mol. The second-order valence-electron chi connectivity index (χ2n) is 4.12. The molecule has 0 radical (unpaired) electrons. The number of thioether (sulfide) groups is 1. The van der Waals surface area contributed by atoms with Gasteiger partial charge in [-0.25, -0.2) is 8.42 Å². The van der Waals surface area contributed by atoms with Crippen LogP contribution in [0.4, 0.5) is 0 Å². The molecule has 1 aromatic rings. The lowest BCUT2D eigenvalue weighted by atomic mass is 10.2. The molecule has 0 unspecified atom stereocenters. The first-order chi connectivity index (χ1) is 9.47. The maximum Gasteiger partial charge on any atom is 0.264 e. The second-order valence-corrected chi connectivity index (χ2v) is 7.35. The Morgan fingerprint density at radius 2 is 2.00 bits per heavy atom. The summed E-state index contributed by atoms with van der Waals surface area (Å²) in [5, 5.41) is 8.66. The van der Waals surface area contributed by atoms with E-state index in [1.54, 1.807) is 16.7 Å². The number of hydrogen-bond acceptors (Lipinski definition) is 5. The minimum atomic E-state index is -4.22. The molecule has 0 bridgehead atoms. The first-order valence-electron chi connectivity index (χ1n) is 5.79. The van der Waals surface area contributed by atoms with Gasteiger partial charge < -0.3 is 10.1 Å². The van der Waals surface area contributed by atoms with Crippen LogP contribution in [0.15, 0.2) is 23.1 Å². The number of nitrogens with zero attached hydrogens (tertiary/aromatic N) is 1. The van der Waals surface area contributed by atoms with E-state index in [-0.39, 0.29) is 10.6 Å². The van der Waals surface area contributed by atoms with Gasteiger partial charge in [-0.15, -0.1) is 0 Å². The fraction of sp³-hybridized carbons (Fsp3) is 0.364. The molecule has 1 amide bonds. The van der Waals surface area contributed by atoms with E-state index in [1.165, 1.54) is 23.1 Å². The Morgan fingerprint density at radius 1 is 1.35 bits per heavy atom. The van der Waals surface area contributed by atoms with Crippen molar-refractivity contribution in [2.75, 3.05) is 24.6 Å². The number of rotatable bonds is 3. The lowest BCUT2D eigenvalue weighted by molar-refractivity contribution is 0.0768. The van der Waals surface area contributed by atoms with E-state index < -0.39 is 20.8 Å². The Balaban J connectivity index is 2.46. The van der Waals surface area contributed by atoms with Crippen LogP contribution in [0.2, 0.25) is 5.02 Å². The molecule has 0 saturated carbocycles. The van der Waals surface area contributed by atoms with Crippen LogP contribution >= 0.6 is 23.4 Å². The van der Waals surface area contributed by atoms with E-state index in [4.69, 9.17) is 16.8 Å². The SMILES string of the molecule is O=C(c1cccc(Cl)c1S(=O)(=O)NO)N1CCSCC1. The van der Waals surface area contributed by atoms with Gasteiger partial charge in [-0.1, -0.05) is 22.6 Å². The number of carbonyl (C=O) groups excluding carboxylic acids is 1. The predicted molar refractivity (Wildman–Crippen MR) is 76.8 cm³/mol. The Kier molecular flexibility index (Phi) is 4.92. The quantitative estimate of drug-likeness (QED) is 0.810. The predicted octanol–water partition coefficient (Wildman–Crippen LogP) is 1.20. The molecule has 0 aromatic heterocycles. The number of sulfonamides is 1. The molecule has 9 heteroatoms. The summed E-state index contributed by atoms with van der Waals surface area (Å²) in [6, 6.07) is 4.25. The fourth-order valence-electron chi connectivity index (χ4n) is 1.93. The summed E-state index contributed by atoms with van der Waals surface area (Å²) >= 11 is 7.61. The summed E-state index contributed by atoms with van der Waals surface area (Å²) in [5.74, 6) is 1.22. The molecule has 1 saturated heterocycles. The summed E-state index contributed by atoms with van der Waals surface area (Å²) < 4.78 is 23.6. The van der Waals surface area contributed by atoms with Crippen molar-refractivity contribution < 1.29 is 18.4 Å². The van der Waals surface area contributed by atoms with Crippen molar-refractivity contribution in [3.63, 3.8) is 0 Å². The van der Waals surface area contributed by atoms with E-state index in [0.29, 0.717) is 13.1 Å². The zero-order chi connectivity index (χ0) is 14.8. The largest absolute Gasteiger partial charge is 0.337 e. The summed E-state index contributed by atoms with van der Waals surface area (Å²) in [5.41, 5.74) is -0.0362. The van der Waals surface area contributed by atoms with Gasteiger partial charge in [0.05, 0.1) is 10.6 Å². The molecule has 1 aliphatic heterocycles. The van der Waals surface area contributed by atoms with Crippen molar-refractivity contribution in [2.24, 2.45) is 0 Å². The Bertz CT molecular complexity index is 615. The van der Waals surface area contributed by atoms with Crippen LogP contribution in [-0.2, 0) is 10.0 Å². The number of halogens is 1. The minimum Gasteiger partial charge on any atom is -0.337 e. The van der Waals surface area contributed by atoms with Crippen molar-refractivity contribution in [2.45, 2.75) is 4.90 Å². The minimum absolute atomic E-state index is 0.0362. The topological polar surface area (TPSA) is 86.7 Å². The summed E-state index contributed by atoms with van der Waals surface area (Å²) in [6.07, 6.45) is 0. The van der Waals surface area contributed by atoms with Gasteiger partial charge in [0.15, 0.2) is 0 Å². The molecule has 0 atom stereocenters. The molecule has 1 heterocycles. The van der Waals surface area contributed by atoms with E-state index in [1.807, 2.05) is 0 Å². The maximum atomic E-state index is 12.4. The molecule has 1 aromatic carbocycles. The molecule has 0 aliphatic carbocycles. The fourth-order valence-corrected chi connectivity index (χ4v) is 4.18. The van der Waals surface area contributed by atoms with Crippen molar-refractivity contribution in [1.29, 1.82) is 0 Å². The monoisotopic (exact) mass is 336 g/mol. The molecule has 1 fully saturated rings. The molecule has 20 heavy (non-hydrogen) atoms. The van der Waals surface area contributed by atoms with Crippen LogP contribution in [0.25, 0.3) is 0 Å². The van der Waals surface area contributed by atoms with Crippen LogP contribution < -0.4 is 4.89 Å². The van der Waals surface area contributed by atoms with Gasteiger partial charge in [0, 0.05) is 24.6 Å². The smallest absolute Gasteiger partial charge is 0.264 e. The maximum absolute atomic E-state index is 12.4. The van der Waals surface area contributed by atoms with E-state index in [2.05, 4.69) is 0 Å². The molecular formula is C11H13ClN2O4S2. The van der Waals surface area contributed by atoms with Crippen LogP contribution in [0, 0.1) is 0 Å².